The Bertz CT molecular complexity index is 656. The minimum absolute atomic E-state index is 0.181. The molecular weight excluding hydrogens is 290 g/mol. The molecule has 1 saturated heterocycles. The maximum Gasteiger partial charge on any atom is 0.225 e. The van der Waals surface area contributed by atoms with Gasteiger partial charge < -0.3 is 15.2 Å². The van der Waals surface area contributed by atoms with Crippen molar-refractivity contribution < 1.29 is 4.79 Å². The molecule has 0 saturated carbocycles. The minimum Gasteiger partial charge on any atom is -0.367 e. The number of aromatic nitrogens is 3. The number of aromatic amines is 1. The number of carbonyl (C=O) groups is 1. The number of anilines is 1. The van der Waals surface area contributed by atoms with Crippen molar-refractivity contribution in [2.75, 3.05) is 18.4 Å². The van der Waals surface area contributed by atoms with E-state index in [1.807, 2.05) is 17.2 Å². The number of H-pyrrole nitrogens is 1. The highest BCUT2D eigenvalue weighted by Gasteiger charge is 2.26. The number of likely N-dealkylation sites (tertiary alicyclic amines) is 1. The van der Waals surface area contributed by atoms with E-state index in [-0.39, 0.29) is 5.92 Å². The molecule has 0 aromatic carbocycles. The molecule has 0 atom stereocenters. The smallest absolute Gasteiger partial charge is 0.225 e. The number of carbonyl (C=O) groups excluding carboxylic acids is 1. The summed E-state index contributed by atoms with van der Waals surface area (Å²) in [5.41, 5.74) is 0.851. The Balaban J connectivity index is 1.59. The topological polar surface area (TPSA) is 73.9 Å². The lowest BCUT2D eigenvalue weighted by Gasteiger charge is -2.34. The average Bonchev–Trinajstić information content (AvgIpc) is 3.06. The maximum absolute atomic E-state index is 12.4. The number of fused-ring (bicyclic) bond motifs is 1. The Morgan fingerprint density at radius 3 is 2.78 bits per heavy atom. The fourth-order valence-electron chi connectivity index (χ4n) is 3.32. The molecule has 1 fully saturated rings. The molecule has 1 aliphatic heterocycles. The number of rotatable bonds is 5. The first kappa shape index (κ1) is 15.8. The van der Waals surface area contributed by atoms with E-state index in [4.69, 9.17) is 0 Å². The van der Waals surface area contributed by atoms with Crippen LogP contribution in [0.5, 0.6) is 0 Å². The summed E-state index contributed by atoms with van der Waals surface area (Å²) in [5, 5.41) is 4.53. The molecule has 0 bridgehead atoms. The van der Waals surface area contributed by atoms with E-state index in [2.05, 4.69) is 34.1 Å². The normalized spacial score (nSPS) is 16.2. The Kier molecular flexibility index (Phi) is 4.79. The van der Waals surface area contributed by atoms with Crippen molar-refractivity contribution >= 4 is 22.8 Å². The number of amides is 1. The third-order valence-electron chi connectivity index (χ3n) is 4.84. The molecule has 3 heterocycles. The van der Waals surface area contributed by atoms with Crippen LogP contribution in [0.4, 0.5) is 5.82 Å². The Hall–Kier alpha value is -2.11. The van der Waals surface area contributed by atoms with Crippen LogP contribution in [-0.2, 0) is 4.79 Å². The largest absolute Gasteiger partial charge is 0.367 e. The molecule has 0 aliphatic carbocycles. The number of nitrogens with one attached hydrogen (secondary N) is 2. The van der Waals surface area contributed by atoms with Gasteiger partial charge in [-0.25, -0.2) is 9.97 Å². The second kappa shape index (κ2) is 6.98. The Labute approximate surface area is 136 Å². The Morgan fingerprint density at radius 2 is 2.09 bits per heavy atom. The van der Waals surface area contributed by atoms with Gasteiger partial charge in [0.05, 0.1) is 5.39 Å². The van der Waals surface area contributed by atoms with Gasteiger partial charge >= 0.3 is 0 Å². The summed E-state index contributed by atoms with van der Waals surface area (Å²) in [7, 11) is 0. The lowest BCUT2D eigenvalue weighted by Crippen LogP contribution is -2.44. The standard InChI is InChI=1S/C17H25N5O/c1-3-12(4-2)17(23)22-9-6-13(7-10-22)21-16-14-5-8-18-15(14)19-11-20-16/h5,8,11-13H,3-4,6-7,9-10H2,1-2H3,(H2,18,19,20,21). The van der Waals surface area contributed by atoms with E-state index in [0.717, 1.165) is 55.6 Å². The molecule has 6 nitrogen and oxygen atoms in total. The van der Waals surface area contributed by atoms with Gasteiger partial charge in [0.15, 0.2) is 0 Å². The lowest BCUT2D eigenvalue weighted by molar-refractivity contribution is -0.136. The average molecular weight is 315 g/mol. The third-order valence-corrected chi connectivity index (χ3v) is 4.84. The molecule has 0 unspecified atom stereocenters. The molecule has 1 amide bonds. The second-order valence-corrected chi connectivity index (χ2v) is 6.22. The first-order valence-corrected chi connectivity index (χ1v) is 8.56. The zero-order valence-corrected chi connectivity index (χ0v) is 13.9. The predicted molar refractivity (Wildman–Crippen MR) is 91.2 cm³/mol. The highest BCUT2D eigenvalue weighted by atomic mass is 16.2. The highest BCUT2D eigenvalue weighted by molar-refractivity contribution is 5.86. The number of hydrogen-bond donors (Lipinski definition) is 2. The van der Waals surface area contributed by atoms with Crippen LogP contribution >= 0.6 is 0 Å². The summed E-state index contributed by atoms with van der Waals surface area (Å²) < 4.78 is 0. The van der Waals surface area contributed by atoms with Gasteiger partial charge in [0.25, 0.3) is 0 Å². The number of piperidine rings is 1. The van der Waals surface area contributed by atoms with E-state index in [0.29, 0.717) is 11.9 Å². The molecular formula is C17H25N5O. The van der Waals surface area contributed by atoms with Crippen LogP contribution in [0.15, 0.2) is 18.6 Å². The first-order chi connectivity index (χ1) is 11.2. The van der Waals surface area contributed by atoms with Crippen LogP contribution < -0.4 is 5.32 Å². The van der Waals surface area contributed by atoms with Gasteiger partial charge in [-0.3, -0.25) is 4.79 Å². The van der Waals surface area contributed by atoms with Crippen LogP contribution in [0, 0.1) is 5.92 Å². The van der Waals surface area contributed by atoms with E-state index < -0.39 is 0 Å². The van der Waals surface area contributed by atoms with Gasteiger partial charge in [-0.1, -0.05) is 13.8 Å². The van der Waals surface area contributed by atoms with Gasteiger partial charge in [-0.15, -0.1) is 0 Å². The predicted octanol–water partition coefficient (Wildman–Crippen LogP) is 2.80. The van der Waals surface area contributed by atoms with Crippen LogP contribution in [0.1, 0.15) is 39.5 Å². The van der Waals surface area contributed by atoms with E-state index in [1.54, 1.807) is 6.33 Å². The summed E-state index contributed by atoms with van der Waals surface area (Å²) >= 11 is 0. The fraction of sp³-hybridized carbons (Fsp3) is 0.588. The zero-order chi connectivity index (χ0) is 16.2. The van der Waals surface area contributed by atoms with Crippen molar-refractivity contribution in [1.29, 1.82) is 0 Å². The maximum atomic E-state index is 12.4. The van der Waals surface area contributed by atoms with Crippen molar-refractivity contribution in [2.45, 2.75) is 45.6 Å². The third kappa shape index (κ3) is 3.30. The summed E-state index contributed by atoms with van der Waals surface area (Å²) in [6.07, 6.45) is 7.23. The van der Waals surface area contributed by atoms with Gasteiger partial charge in [-0.2, -0.15) is 0 Å². The van der Waals surface area contributed by atoms with Gasteiger partial charge in [0.1, 0.15) is 17.8 Å². The lowest BCUT2D eigenvalue weighted by atomic mass is 9.98. The monoisotopic (exact) mass is 315 g/mol. The van der Waals surface area contributed by atoms with Gasteiger partial charge in [0.2, 0.25) is 5.91 Å². The van der Waals surface area contributed by atoms with Crippen LogP contribution in [0.3, 0.4) is 0 Å². The summed E-state index contributed by atoms with van der Waals surface area (Å²) in [5.74, 6) is 1.38. The quantitative estimate of drug-likeness (QED) is 0.890. The molecule has 2 N–H and O–H groups in total. The molecule has 3 rings (SSSR count). The molecule has 1 aliphatic rings. The van der Waals surface area contributed by atoms with Crippen LogP contribution in [0.25, 0.3) is 11.0 Å². The SMILES string of the molecule is CCC(CC)C(=O)N1CCC(Nc2ncnc3[nH]ccc23)CC1. The molecule has 0 radical (unpaired) electrons. The van der Waals surface area contributed by atoms with Crippen molar-refractivity contribution in [2.24, 2.45) is 5.92 Å². The molecule has 23 heavy (non-hydrogen) atoms. The molecule has 0 spiro atoms. The molecule has 6 heteroatoms. The number of hydrogen-bond acceptors (Lipinski definition) is 4. The Morgan fingerprint density at radius 1 is 1.35 bits per heavy atom. The van der Waals surface area contributed by atoms with Crippen molar-refractivity contribution in [3.63, 3.8) is 0 Å². The van der Waals surface area contributed by atoms with Crippen molar-refractivity contribution in [3.8, 4) is 0 Å². The van der Waals surface area contributed by atoms with E-state index >= 15 is 0 Å². The zero-order valence-electron chi connectivity index (χ0n) is 13.9. The second-order valence-electron chi connectivity index (χ2n) is 6.22. The summed E-state index contributed by atoms with van der Waals surface area (Å²) in [6.45, 7) is 5.85. The molecule has 2 aromatic heterocycles. The fourth-order valence-corrected chi connectivity index (χ4v) is 3.32. The van der Waals surface area contributed by atoms with Crippen LogP contribution in [-0.4, -0.2) is 44.9 Å². The highest BCUT2D eigenvalue weighted by Crippen LogP contribution is 2.22. The van der Waals surface area contributed by atoms with E-state index in [9.17, 15) is 4.79 Å². The minimum atomic E-state index is 0.181. The first-order valence-electron chi connectivity index (χ1n) is 8.56. The number of nitrogens with zero attached hydrogens (tertiary/aromatic N) is 3. The van der Waals surface area contributed by atoms with Crippen molar-refractivity contribution in [3.05, 3.63) is 18.6 Å². The molecule has 2 aromatic rings. The summed E-state index contributed by atoms with van der Waals surface area (Å²) in [4.78, 5) is 26.1. The van der Waals surface area contributed by atoms with E-state index in [1.165, 1.54) is 0 Å². The van der Waals surface area contributed by atoms with Crippen LogP contribution in [0.2, 0.25) is 0 Å². The van der Waals surface area contributed by atoms with Crippen molar-refractivity contribution in [1.82, 2.24) is 19.9 Å². The van der Waals surface area contributed by atoms with Gasteiger partial charge in [0, 0.05) is 31.2 Å². The van der Waals surface area contributed by atoms with Gasteiger partial charge in [-0.05, 0) is 31.7 Å². The summed E-state index contributed by atoms with van der Waals surface area (Å²) in [6, 6.07) is 2.34. The molecule has 124 valence electrons.